The van der Waals surface area contributed by atoms with Gasteiger partial charge < -0.3 is 15.2 Å². The van der Waals surface area contributed by atoms with Crippen LogP contribution in [0.5, 0.6) is 11.5 Å². The van der Waals surface area contributed by atoms with E-state index in [-0.39, 0.29) is 5.82 Å². The van der Waals surface area contributed by atoms with E-state index >= 15 is 0 Å². The van der Waals surface area contributed by atoms with Crippen molar-refractivity contribution in [3.05, 3.63) is 57.8 Å². The summed E-state index contributed by atoms with van der Waals surface area (Å²) in [6.07, 6.45) is 0.500. The molecule has 0 aliphatic rings. The first-order valence-corrected chi connectivity index (χ1v) is 7.26. The lowest BCUT2D eigenvalue weighted by Crippen LogP contribution is -2.16. The first kappa shape index (κ1) is 15.8. The number of rotatable bonds is 5. The number of ether oxygens (including phenoxy) is 2. The van der Waals surface area contributed by atoms with Gasteiger partial charge in [-0.05, 0) is 52.2 Å². The lowest BCUT2D eigenvalue weighted by atomic mass is 9.98. The molecule has 0 heterocycles. The largest absolute Gasteiger partial charge is 0.496 e. The second kappa shape index (κ2) is 6.91. The lowest BCUT2D eigenvalue weighted by molar-refractivity contribution is 0.398. The van der Waals surface area contributed by atoms with Crippen LogP contribution in [-0.4, -0.2) is 14.2 Å². The summed E-state index contributed by atoms with van der Waals surface area (Å²) < 4.78 is 25.2. The van der Waals surface area contributed by atoms with Crippen LogP contribution in [0.15, 0.2) is 40.9 Å². The van der Waals surface area contributed by atoms with Gasteiger partial charge in [0.1, 0.15) is 17.3 Å². The van der Waals surface area contributed by atoms with E-state index < -0.39 is 6.04 Å². The van der Waals surface area contributed by atoms with Gasteiger partial charge in [0, 0.05) is 11.6 Å². The van der Waals surface area contributed by atoms with Crippen molar-refractivity contribution in [1.29, 1.82) is 0 Å². The van der Waals surface area contributed by atoms with E-state index in [1.807, 2.05) is 18.2 Å². The molecule has 0 aliphatic heterocycles. The third-order valence-corrected chi connectivity index (χ3v) is 3.90. The Labute approximate surface area is 132 Å². The highest BCUT2D eigenvalue weighted by atomic mass is 79.9. The van der Waals surface area contributed by atoms with Crippen LogP contribution in [-0.2, 0) is 6.42 Å². The van der Waals surface area contributed by atoms with Gasteiger partial charge in [0.05, 0.1) is 18.7 Å². The number of methoxy groups -OCH3 is 2. The van der Waals surface area contributed by atoms with Crippen LogP contribution >= 0.6 is 15.9 Å². The first-order valence-electron chi connectivity index (χ1n) is 6.47. The van der Waals surface area contributed by atoms with E-state index in [1.54, 1.807) is 19.2 Å². The lowest BCUT2D eigenvalue weighted by Gasteiger charge is -2.17. The second-order valence-corrected chi connectivity index (χ2v) is 5.49. The molecule has 2 rings (SSSR count). The summed E-state index contributed by atoms with van der Waals surface area (Å²) in [7, 11) is 3.12. The molecule has 2 aromatic rings. The fourth-order valence-corrected chi connectivity index (χ4v) is 2.84. The highest BCUT2D eigenvalue weighted by Crippen LogP contribution is 2.31. The average Bonchev–Trinajstić information content (AvgIpc) is 2.46. The van der Waals surface area contributed by atoms with Gasteiger partial charge in [0.2, 0.25) is 0 Å². The van der Waals surface area contributed by atoms with Gasteiger partial charge in [-0.15, -0.1) is 0 Å². The molecule has 5 heteroatoms. The number of nitrogens with two attached hydrogens (primary N) is 1. The van der Waals surface area contributed by atoms with Gasteiger partial charge >= 0.3 is 0 Å². The van der Waals surface area contributed by atoms with Crippen LogP contribution in [0.2, 0.25) is 0 Å². The predicted molar refractivity (Wildman–Crippen MR) is 84.3 cm³/mol. The van der Waals surface area contributed by atoms with Crippen LogP contribution in [0.25, 0.3) is 0 Å². The summed E-state index contributed by atoms with van der Waals surface area (Å²) in [6, 6.07) is 9.91. The minimum absolute atomic E-state index is 0.352. The van der Waals surface area contributed by atoms with E-state index in [0.29, 0.717) is 17.7 Å². The average molecular weight is 354 g/mol. The van der Waals surface area contributed by atoms with E-state index in [1.165, 1.54) is 13.2 Å². The van der Waals surface area contributed by atoms with Crippen molar-refractivity contribution in [1.82, 2.24) is 0 Å². The van der Waals surface area contributed by atoms with Gasteiger partial charge in [-0.25, -0.2) is 4.39 Å². The van der Waals surface area contributed by atoms with Crippen molar-refractivity contribution in [3.63, 3.8) is 0 Å². The van der Waals surface area contributed by atoms with Gasteiger partial charge in [-0.2, -0.15) is 0 Å². The fourth-order valence-electron chi connectivity index (χ4n) is 2.25. The van der Waals surface area contributed by atoms with Gasteiger partial charge in [0.25, 0.3) is 0 Å². The molecule has 0 fully saturated rings. The second-order valence-electron chi connectivity index (χ2n) is 4.64. The third-order valence-electron chi connectivity index (χ3n) is 3.28. The summed E-state index contributed by atoms with van der Waals surface area (Å²) >= 11 is 3.43. The van der Waals surface area contributed by atoms with Crippen molar-refractivity contribution >= 4 is 15.9 Å². The summed E-state index contributed by atoms with van der Waals surface area (Å²) in [5.41, 5.74) is 7.54. The maximum Gasteiger partial charge on any atom is 0.133 e. The van der Waals surface area contributed by atoms with Gasteiger partial charge in [-0.3, -0.25) is 0 Å². The molecule has 0 saturated heterocycles. The maximum atomic E-state index is 14.0. The minimum Gasteiger partial charge on any atom is -0.496 e. The highest BCUT2D eigenvalue weighted by Gasteiger charge is 2.17. The monoisotopic (exact) mass is 353 g/mol. The quantitative estimate of drug-likeness (QED) is 0.887. The van der Waals surface area contributed by atoms with Gasteiger partial charge in [-0.1, -0.05) is 12.1 Å². The summed E-state index contributed by atoms with van der Waals surface area (Å²) in [5.74, 6) is 0.861. The molecule has 0 radical (unpaired) electrons. The zero-order valence-electron chi connectivity index (χ0n) is 11.9. The molecule has 21 heavy (non-hydrogen) atoms. The van der Waals surface area contributed by atoms with Crippen molar-refractivity contribution in [3.8, 4) is 11.5 Å². The normalized spacial score (nSPS) is 12.0. The zero-order valence-corrected chi connectivity index (χ0v) is 13.5. The van der Waals surface area contributed by atoms with Crippen LogP contribution in [0.4, 0.5) is 4.39 Å². The number of halogens is 2. The molecule has 112 valence electrons. The summed E-state index contributed by atoms with van der Waals surface area (Å²) in [5, 5.41) is 0. The maximum absolute atomic E-state index is 14.0. The Hall–Kier alpha value is -1.59. The molecule has 1 atom stereocenters. The molecule has 2 aromatic carbocycles. The molecule has 2 N–H and O–H groups in total. The molecule has 0 bridgehead atoms. The van der Waals surface area contributed by atoms with Crippen molar-refractivity contribution in [2.75, 3.05) is 14.2 Å². The van der Waals surface area contributed by atoms with E-state index in [4.69, 9.17) is 15.2 Å². The van der Waals surface area contributed by atoms with Crippen LogP contribution in [0, 0.1) is 5.82 Å². The zero-order chi connectivity index (χ0) is 15.4. The van der Waals surface area contributed by atoms with Crippen molar-refractivity contribution in [2.45, 2.75) is 12.5 Å². The van der Waals surface area contributed by atoms with Crippen molar-refractivity contribution in [2.24, 2.45) is 5.73 Å². The highest BCUT2D eigenvalue weighted by molar-refractivity contribution is 9.10. The fraction of sp³-hybridized carbons (Fsp3) is 0.250. The molecule has 3 nitrogen and oxygen atoms in total. The Bertz CT molecular complexity index is 634. The topological polar surface area (TPSA) is 44.5 Å². The van der Waals surface area contributed by atoms with E-state index in [0.717, 1.165) is 15.8 Å². The molecule has 0 aliphatic carbocycles. The predicted octanol–water partition coefficient (Wildman–Crippen LogP) is 3.85. The Morgan fingerprint density at radius 2 is 1.86 bits per heavy atom. The van der Waals surface area contributed by atoms with Crippen LogP contribution in [0.3, 0.4) is 0 Å². The first-order chi connectivity index (χ1) is 10.1. The van der Waals surface area contributed by atoms with Crippen LogP contribution in [0.1, 0.15) is 17.2 Å². The minimum atomic E-state index is -0.485. The smallest absolute Gasteiger partial charge is 0.133 e. The molecule has 0 saturated carbocycles. The van der Waals surface area contributed by atoms with E-state index in [2.05, 4.69) is 15.9 Å². The standard InChI is InChI=1S/C16H17BrFNO2/c1-20-14-7-6-10(8-11(14)17)9-13(19)16-12(18)4-3-5-15(16)21-2/h3-8,13H,9,19H2,1-2H3. The van der Waals surface area contributed by atoms with Gasteiger partial charge in [0.15, 0.2) is 0 Å². The van der Waals surface area contributed by atoms with Crippen molar-refractivity contribution < 1.29 is 13.9 Å². The molecule has 0 spiro atoms. The van der Waals surface area contributed by atoms with Crippen LogP contribution < -0.4 is 15.2 Å². The Kier molecular flexibility index (Phi) is 5.20. The molecule has 1 unspecified atom stereocenters. The number of hydrogen-bond donors (Lipinski definition) is 1. The molecular weight excluding hydrogens is 337 g/mol. The molecule has 0 amide bonds. The molecule has 0 aromatic heterocycles. The molecular formula is C16H17BrFNO2. The SMILES string of the molecule is COc1ccc(CC(N)c2c(F)cccc2OC)cc1Br. The number of benzene rings is 2. The summed E-state index contributed by atoms with van der Waals surface area (Å²) in [6.45, 7) is 0. The summed E-state index contributed by atoms with van der Waals surface area (Å²) in [4.78, 5) is 0. The Balaban J connectivity index is 2.26. The van der Waals surface area contributed by atoms with E-state index in [9.17, 15) is 4.39 Å². The number of hydrogen-bond acceptors (Lipinski definition) is 3. The Morgan fingerprint density at radius 3 is 2.48 bits per heavy atom. The third kappa shape index (κ3) is 3.54. The Morgan fingerprint density at radius 1 is 1.14 bits per heavy atom.